The summed E-state index contributed by atoms with van der Waals surface area (Å²) in [6, 6.07) is 0. The van der Waals surface area contributed by atoms with Crippen LogP contribution in [0.2, 0.25) is 0 Å². The third-order valence-corrected chi connectivity index (χ3v) is 4.41. The third-order valence-electron chi connectivity index (χ3n) is 4.41. The second-order valence-corrected chi connectivity index (χ2v) is 5.88. The molecule has 1 aliphatic heterocycles. The van der Waals surface area contributed by atoms with Gasteiger partial charge in [-0.3, -0.25) is 4.90 Å². The van der Waals surface area contributed by atoms with Crippen molar-refractivity contribution in [2.75, 3.05) is 44.2 Å². The summed E-state index contributed by atoms with van der Waals surface area (Å²) in [5.41, 5.74) is 1.57. The Morgan fingerprint density at radius 1 is 1.04 bits per heavy atom. The summed E-state index contributed by atoms with van der Waals surface area (Å²) in [4.78, 5) is 4.08. The predicted molar refractivity (Wildman–Crippen MR) is 81.0 cm³/mol. The van der Waals surface area contributed by atoms with E-state index in [1.54, 1.807) is 6.92 Å². The lowest BCUT2D eigenvalue weighted by atomic mass is 10.1. The summed E-state index contributed by atoms with van der Waals surface area (Å²) < 4.78 is 40.0. The number of halogens is 3. The molecule has 1 N–H and O–H groups in total. The average molecular weight is 344 g/mol. The molecule has 132 valence electrons. The van der Waals surface area contributed by atoms with Gasteiger partial charge in [-0.05, 0) is 13.8 Å². The molecule has 0 atom stereocenters. The summed E-state index contributed by atoms with van der Waals surface area (Å²) in [6.45, 7) is 7.00. The molecule has 0 radical (unpaired) electrons. The van der Waals surface area contributed by atoms with E-state index in [9.17, 15) is 13.2 Å². The molecule has 7 nitrogen and oxygen atoms in total. The lowest BCUT2D eigenvalue weighted by Crippen LogP contribution is -2.47. The molecule has 0 aromatic carbocycles. The van der Waals surface area contributed by atoms with Crippen molar-refractivity contribution in [2.24, 2.45) is 0 Å². The van der Waals surface area contributed by atoms with Crippen LogP contribution in [0.4, 0.5) is 19.0 Å². The van der Waals surface area contributed by atoms with Crippen LogP contribution < -0.4 is 4.90 Å². The molecule has 0 unspecified atom stereocenters. The lowest BCUT2D eigenvalue weighted by Gasteiger charge is -2.35. The fraction of sp³-hybridized carbons (Fsp3) is 0.643. The van der Waals surface area contributed by atoms with Gasteiger partial charge >= 0.3 is 6.18 Å². The molecule has 2 aromatic heterocycles. The van der Waals surface area contributed by atoms with Gasteiger partial charge in [0.2, 0.25) is 0 Å². The summed E-state index contributed by atoms with van der Waals surface area (Å²) in [7, 11) is 0. The van der Waals surface area contributed by atoms with Gasteiger partial charge in [-0.2, -0.15) is 17.7 Å². The maximum absolute atomic E-state index is 13.1. The Balaban J connectivity index is 1.98. The Morgan fingerprint density at radius 3 is 2.29 bits per heavy atom. The molecule has 0 aliphatic carbocycles. The number of β-amino-alcohol motifs (C(OH)–C–C–N with tert-alkyl or cyclic N) is 1. The normalized spacial score (nSPS) is 17.0. The molecule has 1 aliphatic rings. The number of aromatic nitrogens is 4. The molecule has 1 saturated heterocycles. The molecule has 3 rings (SSSR count). The summed E-state index contributed by atoms with van der Waals surface area (Å²) >= 11 is 0. The first-order valence-corrected chi connectivity index (χ1v) is 7.71. The molecule has 0 spiro atoms. The minimum absolute atomic E-state index is 0.0952. The number of aryl methyl sites for hydroxylation is 1. The van der Waals surface area contributed by atoms with Gasteiger partial charge in [-0.15, -0.1) is 15.3 Å². The van der Waals surface area contributed by atoms with Crippen LogP contribution >= 0.6 is 0 Å². The summed E-state index contributed by atoms with van der Waals surface area (Å²) in [5.74, 6) is -0.588. The van der Waals surface area contributed by atoms with Crippen LogP contribution in [0.25, 0.3) is 5.65 Å². The quantitative estimate of drug-likeness (QED) is 0.891. The SMILES string of the molecule is Cc1c(N2CCN(CCO)CC2)nn2c(C(F)(F)F)nnc2c1C. The van der Waals surface area contributed by atoms with Crippen LogP contribution in [-0.2, 0) is 6.18 Å². The van der Waals surface area contributed by atoms with Gasteiger partial charge in [0.1, 0.15) is 0 Å². The van der Waals surface area contributed by atoms with Crippen molar-refractivity contribution >= 4 is 11.5 Å². The van der Waals surface area contributed by atoms with E-state index in [0.29, 0.717) is 31.0 Å². The fourth-order valence-corrected chi connectivity index (χ4v) is 2.92. The number of nitrogens with zero attached hydrogens (tertiary/aromatic N) is 6. The number of alkyl halides is 3. The minimum atomic E-state index is -4.61. The average Bonchev–Trinajstić information content (AvgIpc) is 2.96. The highest BCUT2D eigenvalue weighted by atomic mass is 19.4. The van der Waals surface area contributed by atoms with Gasteiger partial charge < -0.3 is 10.0 Å². The van der Waals surface area contributed by atoms with Crippen LogP contribution in [0.3, 0.4) is 0 Å². The van der Waals surface area contributed by atoms with Crippen LogP contribution in [0.1, 0.15) is 17.0 Å². The van der Waals surface area contributed by atoms with E-state index in [-0.39, 0.29) is 12.3 Å². The second kappa shape index (κ2) is 6.17. The van der Waals surface area contributed by atoms with E-state index in [0.717, 1.165) is 23.2 Å². The number of hydrogen-bond donors (Lipinski definition) is 1. The van der Waals surface area contributed by atoms with Crippen LogP contribution in [0.15, 0.2) is 0 Å². The van der Waals surface area contributed by atoms with E-state index in [1.165, 1.54) is 0 Å². The molecule has 0 amide bonds. The Morgan fingerprint density at radius 2 is 1.71 bits per heavy atom. The number of aliphatic hydroxyl groups is 1. The van der Waals surface area contributed by atoms with E-state index < -0.39 is 12.0 Å². The Hall–Kier alpha value is -1.94. The highest BCUT2D eigenvalue weighted by Gasteiger charge is 2.38. The lowest BCUT2D eigenvalue weighted by molar-refractivity contribution is -0.146. The maximum Gasteiger partial charge on any atom is 0.453 e. The Bertz CT molecular complexity index is 736. The van der Waals surface area contributed by atoms with Gasteiger partial charge in [-0.25, -0.2) is 0 Å². The van der Waals surface area contributed by atoms with E-state index in [4.69, 9.17) is 5.11 Å². The van der Waals surface area contributed by atoms with Gasteiger partial charge in [0.15, 0.2) is 11.5 Å². The second-order valence-electron chi connectivity index (χ2n) is 5.88. The largest absolute Gasteiger partial charge is 0.453 e. The Labute approximate surface area is 136 Å². The molecule has 1 fully saturated rings. The first-order valence-electron chi connectivity index (χ1n) is 7.71. The van der Waals surface area contributed by atoms with Crippen molar-refractivity contribution in [3.8, 4) is 0 Å². The number of aliphatic hydroxyl groups excluding tert-OH is 1. The zero-order valence-electron chi connectivity index (χ0n) is 13.5. The standard InChI is InChI=1S/C14H19F3N6O/c1-9-10(2)12(22-5-3-21(4-6-22)7-8-24)20-23-11(9)18-19-13(23)14(15,16)17/h24H,3-8H2,1-2H3. The van der Waals surface area contributed by atoms with Crippen molar-refractivity contribution in [3.63, 3.8) is 0 Å². The summed E-state index contributed by atoms with van der Waals surface area (Å²) in [6.07, 6.45) is -4.61. The third kappa shape index (κ3) is 2.91. The van der Waals surface area contributed by atoms with Crippen LogP contribution in [0, 0.1) is 13.8 Å². The highest BCUT2D eigenvalue weighted by molar-refractivity contribution is 5.59. The first kappa shape index (κ1) is 16.9. The zero-order chi connectivity index (χ0) is 17.5. The highest BCUT2D eigenvalue weighted by Crippen LogP contribution is 2.30. The maximum atomic E-state index is 13.1. The molecule has 3 heterocycles. The van der Waals surface area contributed by atoms with Crippen molar-refractivity contribution in [2.45, 2.75) is 20.0 Å². The number of hydrogen-bond acceptors (Lipinski definition) is 6. The van der Waals surface area contributed by atoms with Crippen molar-refractivity contribution < 1.29 is 18.3 Å². The first-order chi connectivity index (χ1) is 11.3. The molecular weight excluding hydrogens is 325 g/mol. The van der Waals surface area contributed by atoms with E-state index in [2.05, 4.69) is 20.2 Å². The van der Waals surface area contributed by atoms with Gasteiger partial charge in [-0.1, -0.05) is 0 Å². The monoisotopic (exact) mass is 344 g/mol. The zero-order valence-corrected chi connectivity index (χ0v) is 13.5. The van der Waals surface area contributed by atoms with Crippen LogP contribution in [-0.4, -0.2) is 69.1 Å². The Kier molecular flexibility index (Phi) is 4.35. The number of piperazine rings is 1. The van der Waals surface area contributed by atoms with E-state index in [1.807, 2.05) is 11.8 Å². The predicted octanol–water partition coefficient (Wildman–Crippen LogP) is 0.874. The van der Waals surface area contributed by atoms with E-state index >= 15 is 0 Å². The van der Waals surface area contributed by atoms with Gasteiger partial charge in [0.25, 0.3) is 5.82 Å². The molecule has 2 aromatic rings. The van der Waals surface area contributed by atoms with Crippen molar-refractivity contribution in [1.29, 1.82) is 0 Å². The number of rotatable bonds is 3. The fourth-order valence-electron chi connectivity index (χ4n) is 2.92. The molecule has 24 heavy (non-hydrogen) atoms. The molecule has 0 bridgehead atoms. The van der Waals surface area contributed by atoms with Gasteiger partial charge in [0, 0.05) is 43.9 Å². The van der Waals surface area contributed by atoms with Crippen LogP contribution in [0.5, 0.6) is 0 Å². The molecule has 0 saturated carbocycles. The topological polar surface area (TPSA) is 69.8 Å². The van der Waals surface area contributed by atoms with Crippen molar-refractivity contribution in [1.82, 2.24) is 24.7 Å². The number of anilines is 1. The molecular formula is C14H19F3N6O. The smallest absolute Gasteiger partial charge is 0.395 e. The summed E-state index contributed by atoms with van der Waals surface area (Å²) in [5, 5.41) is 20.1. The minimum Gasteiger partial charge on any atom is -0.395 e. The van der Waals surface area contributed by atoms with Crippen molar-refractivity contribution in [3.05, 3.63) is 17.0 Å². The molecule has 10 heteroatoms. The van der Waals surface area contributed by atoms with Gasteiger partial charge in [0.05, 0.1) is 6.61 Å². The number of fused-ring (bicyclic) bond motifs is 1.